The average molecular weight is 435 g/mol. The van der Waals surface area contributed by atoms with Gasteiger partial charge in [-0.2, -0.15) is 0 Å². The number of aliphatic carboxylic acids is 1. The van der Waals surface area contributed by atoms with E-state index in [2.05, 4.69) is 10.6 Å². The molecule has 1 aromatic carbocycles. The maximum atomic E-state index is 12.0. The van der Waals surface area contributed by atoms with Crippen LogP contribution in [0.25, 0.3) is 0 Å². The number of carbonyl (C=O) groups is 5. The fraction of sp³-hybridized carbons (Fsp3) is 0.476. The topological polar surface area (TPSA) is 165 Å². The normalized spacial score (nSPS) is 12.9. The fourth-order valence-electron chi connectivity index (χ4n) is 2.55. The summed E-state index contributed by atoms with van der Waals surface area (Å²) in [5, 5.41) is 13.7. The van der Waals surface area contributed by atoms with Gasteiger partial charge in [0.2, 0.25) is 11.7 Å². The number of carboxylic acid groups (broad SMARTS) is 1. The molecule has 0 aliphatic carbocycles. The molecule has 0 saturated heterocycles. The maximum absolute atomic E-state index is 12.0. The number of benzene rings is 1. The molecule has 0 radical (unpaired) electrons. The minimum atomic E-state index is -1.23. The summed E-state index contributed by atoms with van der Waals surface area (Å²) >= 11 is 0. The molecule has 0 spiro atoms. The number of nitrogens with two attached hydrogens (primary N) is 1. The lowest BCUT2D eigenvalue weighted by Gasteiger charge is -2.20. The molecule has 0 unspecified atom stereocenters. The van der Waals surface area contributed by atoms with Gasteiger partial charge in [-0.05, 0) is 26.3 Å². The largest absolute Gasteiger partial charge is 0.480 e. The van der Waals surface area contributed by atoms with Crippen molar-refractivity contribution in [2.75, 3.05) is 6.54 Å². The molecule has 31 heavy (non-hydrogen) atoms. The average Bonchev–Trinajstić information content (AvgIpc) is 2.64. The van der Waals surface area contributed by atoms with E-state index in [1.807, 2.05) is 0 Å². The van der Waals surface area contributed by atoms with Gasteiger partial charge >= 0.3 is 11.9 Å². The van der Waals surface area contributed by atoms with Gasteiger partial charge in [-0.25, -0.2) is 4.79 Å². The molecule has 5 N–H and O–H groups in total. The third-order valence-corrected chi connectivity index (χ3v) is 3.88. The van der Waals surface area contributed by atoms with E-state index in [0.717, 1.165) is 0 Å². The van der Waals surface area contributed by atoms with Gasteiger partial charge in [0, 0.05) is 18.9 Å². The van der Waals surface area contributed by atoms with Crippen LogP contribution in [-0.4, -0.2) is 58.9 Å². The van der Waals surface area contributed by atoms with Crippen LogP contribution >= 0.6 is 0 Å². The van der Waals surface area contributed by atoms with Crippen molar-refractivity contribution in [3.05, 3.63) is 35.9 Å². The molecule has 170 valence electrons. The van der Waals surface area contributed by atoms with Crippen LogP contribution in [0.5, 0.6) is 0 Å². The van der Waals surface area contributed by atoms with Crippen molar-refractivity contribution in [1.29, 1.82) is 0 Å². The molecule has 0 saturated carbocycles. The highest BCUT2D eigenvalue weighted by Crippen LogP contribution is 2.10. The summed E-state index contributed by atoms with van der Waals surface area (Å²) in [6.07, 6.45) is -0.580. The van der Waals surface area contributed by atoms with Crippen LogP contribution < -0.4 is 16.4 Å². The van der Waals surface area contributed by atoms with Crippen molar-refractivity contribution in [2.45, 2.75) is 57.7 Å². The summed E-state index contributed by atoms with van der Waals surface area (Å²) < 4.78 is 5.10. The molecule has 0 fully saturated rings. The molecule has 2 amide bonds. The van der Waals surface area contributed by atoms with E-state index in [1.54, 1.807) is 51.1 Å². The molecule has 0 heterocycles. The zero-order chi connectivity index (χ0) is 23.6. The molecule has 10 nitrogen and oxygen atoms in total. The second-order valence-corrected chi connectivity index (χ2v) is 8.01. The smallest absolute Gasteiger partial charge is 0.326 e. The highest BCUT2D eigenvalue weighted by Gasteiger charge is 2.24. The predicted octanol–water partition coefficient (Wildman–Crippen LogP) is -0.0670. The van der Waals surface area contributed by atoms with Gasteiger partial charge in [0.1, 0.15) is 11.6 Å². The number of amides is 2. The summed E-state index contributed by atoms with van der Waals surface area (Å²) in [6.45, 7) is 4.49. The minimum absolute atomic E-state index is 0.0638. The van der Waals surface area contributed by atoms with E-state index in [-0.39, 0.29) is 12.8 Å². The van der Waals surface area contributed by atoms with Crippen molar-refractivity contribution < 1.29 is 33.8 Å². The van der Waals surface area contributed by atoms with E-state index in [0.29, 0.717) is 5.56 Å². The second-order valence-electron chi connectivity index (χ2n) is 8.01. The first-order valence-corrected chi connectivity index (χ1v) is 9.72. The highest BCUT2D eigenvalue weighted by atomic mass is 16.6. The van der Waals surface area contributed by atoms with E-state index < -0.39 is 60.2 Å². The Balaban J connectivity index is 2.45. The van der Waals surface area contributed by atoms with Gasteiger partial charge in [-0.15, -0.1) is 0 Å². The van der Waals surface area contributed by atoms with Crippen LogP contribution in [-0.2, 0) is 35.1 Å². The highest BCUT2D eigenvalue weighted by molar-refractivity contribution is 6.36. The number of esters is 1. The Bertz CT molecular complexity index is 803. The SMILES string of the molecule is CC(C)(C)OC(=O)C[C@@H](N)CC(=O)C(=O)NCC(=O)N[C@@H](Cc1ccccc1)C(=O)O. The number of ether oxygens (including phenoxy) is 1. The molecule has 10 heteroatoms. The third kappa shape index (κ3) is 10.9. The summed E-state index contributed by atoms with van der Waals surface area (Å²) in [5.74, 6) is -4.53. The summed E-state index contributed by atoms with van der Waals surface area (Å²) in [4.78, 5) is 58.9. The molecule has 1 aromatic rings. The first-order valence-electron chi connectivity index (χ1n) is 9.72. The molecule has 1 rings (SSSR count). The van der Waals surface area contributed by atoms with Crippen molar-refractivity contribution >= 4 is 29.5 Å². The van der Waals surface area contributed by atoms with E-state index >= 15 is 0 Å². The number of ketones is 1. The van der Waals surface area contributed by atoms with Gasteiger partial charge in [0.15, 0.2) is 0 Å². The molecule has 0 aliphatic rings. The van der Waals surface area contributed by atoms with Gasteiger partial charge in [-0.1, -0.05) is 30.3 Å². The maximum Gasteiger partial charge on any atom is 0.326 e. The summed E-state index contributed by atoms with van der Waals surface area (Å²) in [7, 11) is 0. The lowest BCUT2D eigenvalue weighted by molar-refractivity contribution is -0.155. The number of rotatable bonds is 11. The molecule has 0 aromatic heterocycles. The number of hydrogen-bond donors (Lipinski definition) is 4. The van der Waals surface area contributed by atoms with Crippen LogP contribution in [0.1, 0.15) is 39.2 Å². The Hall–Kier alpha value is -3.27. The van der Waals surface area contributed by atoms with Crippen molar-refractivity contribution in [3.63, 3.8) is 0 Å². The zero-order valence-electron chi connectivity index (χ0n) is 17.8. The van der Waals surface area contributed by atoms with E-state index in [1.165, 1.54) is 0 Å². The number of nitrogens with one attached hydrogen (secondary N) is 2. The molecule has 0 bridgehead atoms. The van der Waals surface area contributed by atoms with Gasteiger partial charge in [0.25, 0.3) is 5.91 Å². The van der Waals surface area contributed by atoms with Gasteiger partial charge < -0.3 is 26.2 Å². The minimum Gasteiger partial charge on any atom is -0.480 e. The third-order valence-electron chi connectivity index (χ3n) is 3.88. The molecule has 2 atom stereocenters. The first-order chi connectivity index (χ1) is 14.4. The van der Waals surface area contributed by atoms with Crippen LogP contribution in [0.4, 0.5) is 0 Å². The number of hydrogen-bond acceptors (Lipinski definition) is 7. The summed E-state index contributed by atoms with van der Waals surface area (Å²) in [6, 6.07) is 6.62. The van der Waals surface area contributed by atoms with E-state index in [9.17, 15) is 29.1 Å². The predicted molar refractivity (Wildman–Crippen MR) is 111 cm³/mol. The standard InChI is InChI=1S/C21H29N3O7/c1-21(2,3)31-18(27)11-14(22)10-16(25)19(28)23-12-17(26)24-15(20(29)30)9-13-7-5-4-6-8-13/h4-8,14-15H,9-12,22H2,1-3H3,(H,23,28)(H,24,26)(H,29,30)/t14-,15-/m0/s1. The lowest BCUT2D eigenvalue weighted by Crippen LogP contribution is -2.47. The van der Waals surface area contributed by atoms with Gasteiger partial charge in [-0.3, -0.25) is 19.2 Å². The Morgan fingerprint density at radius 1 is 1.06 bits per heavy atom. The quantitative estimate of drug-likeness (QED) is 0.277. The van der Waals surface area contributed by atoms with Crippen LogP contribution in [0.2, 0.25) is 0 Å². The molecule has 0 aliphatic heterocycles. The van der Waals surface area contributed by atoms with Crippen LogP contribution in [0.15, 0.2) is 30.3 Å². The Morgan fingerprint density at radius 3 is 2.23 bits per heavy atom. The van der Waals surface area contributed by atoms with Crippen molar-refractivity contribution in [2.24, 2.45) is 5.73 Å². The molecular weight excluding hydrogens is 406 g/mol. The van der Waals surface area contributed by atoms with Crippen LogP contribution in [0, 0.1) is 0 Å². The first kappa shape index (κ1) is 25.8. The zero-order valence-corrected chi connectivity index (χ0v) is 17.8. The second kappa shape index (κ2) is 11.8. The number of Topliss-reactive ketones (excluding diaryl/α,β-unsaturated/α-hetero) is 1. The Kier molecular flexibility index (Phi) is 9.81. The Morgan fingerprint density at radius 2 is 1.68 bits per heavy atom. The number of carbonyl (C=O) groups excluding carboxylic acids is 4. The van der Waals surface area contributed by atoms with Crippen LogP contribution in [0.3, 0.4) is 0 Å². The fourth-order valence-corrected chi connectivity index (χ4v) is 2.55. The summed E-state index contributed by atoms with van der Waals surface area (Å²) in [5.41, 5.74) is 5.74. The Labute approximate surface area is 180 Å². The lowest BCUT2D eigenvalue weighted by atomic mass is 10.1. The molecular formula is C21H29N3O7. The van der Waals surface area contributed by atoms with Crippen molar-refractivity contribution in [3.8, 4) is 0 Å². The van der Waals surface area contributed by atoms with E-state index in [4.69, 9.17) is 10.5 Å². The van der Waals surface area contributed by atoms with Crippen molar-refractivity contribution in [1.82, 2.24) is 10.6 Å². The monoisotopic (exact) mass is 435 g/mol. The van der Waals surface area contributed by atoms with Gasteiger partial charge in [0.05, 0.1) is 13.0 Å². The number of carboxylic acids is 1.